The predicted molar refractivity (Wildman–Crippen MR) is 51.3 cm³/mol. The summed E-state index contributed by atoms with van der Waals surface area (Å²) in [4.78, 5) is 0. The standard InChI is InChI=1S/C10H21NO/c1-8(2)11-9-4-6-10(12-3)7-5-9/h8-11H,4-7H2,1-3H3. The molecule has 2 nitrogen and oxygen atoms in total. The summed E-state index contributed by atoms with van der Waals surface area (Å²) in [6.07, 6.45) is 5.52. The number of hydrogen-bond acceptors (Lipinski definition) is 2. The maximum absolute atomic E-state index is 5.32. The third-order valence-electron chi connectivity index (χ3n) is 2.58. The van der Waals surface area contributed by atoms with E-state index in [-0.39, 0.29) is 0 Å². The fourth-order valence-electron chi connectivity index (χ4n) is 1.94. The van der Waals surface area contributed by atoms with E-state index in [1.54, 1.807) is 0 Å². The van der Waals surface area contributed by atoms with Crippen molar-refractivity contribution in [2.24, 2.45) is 0 Å². The second-order valence-electron chi connectivity index (χ2n) is 4.03. The zero-order chi connectivity index (χ0) is 8.97. The Morgan fingerprint density at radius 2 is 1.75 bits per heavy atom. The highest BCUT2D eigenvalue weighted by molar-refractivity contribution is 4.78. The Balaban J connectivity index is 2.17. The zero-order valence-corrected chi connectivity index (χ0v) is 8.47. The SMILES string of the molecule is COC1CCC(NC(C)C)CC1. The van der Waals surface area contributed by atoms with Crippen LogP contribution in [-0.2, 0) is 4.74 Å². The molecule has 0 heterocycles. The summed E-state index contributed by atoms with van der Waals surface area (Å²) in [5.41, 5.74) is 0. The molecule has 1 N–H and O–H groups in total. The minimum atomic E-state index is 0.523. The normalized spacial score (nSPS) is 31.0. The highest BCUT2D eigenvalue weighted by Gasteiger charge is 2.20. The average molecular weight is 171 g/mol. The molecule has 72 valence electrons. The maximum Gasteiger partial charge on any atom is 0.0572 e. The van der Waals surface area contributed by atoms with Gasteiger partial charge >= 0.3 is 0 Å². The summed E-state index contributed by atoms with van der Waals surface area (Å²) >= 11 is 0. The number of ether oxygens (including phenoxy) is 1. The van der Waals surface area contributed by atoms with Gasteiger partial charge in [-0.05, 0) is 25.7 Å². The molecule has 2 heteroatoms. The van der Waals surface area contributed by atoms with Gasteiger partial charge in [0.1, 0.15) is 0 Å². The van der Waals surface area contributed by atoms with Gasteiger partial charge in [-0.1, -0.05) is 13.8 Å². The minimum absolute atomic E-state index is 0.523. The van der Waals surface area contributed by atoms with Crippen LogP contribution in [0, 0.1) is 0 Å². The molecule has 1 aliphatic rings. The number of methoxy groups -OCH3 is 1. The van der Waals surface area contributed by atoms with Gasteiger partial charge < -0.3 is 10.1 Å². The first-order valence-electron chi connectivity index (χ1n) is 5.01. The van der Waals surface area contributed by atoms with Crippen molar-refractivity contribution < 1.29 is 4.74 Å². The lowest BCUT2D eigenvalue weighted by Crippen LogP contribution is -2.38. The van der Waals surface area contributed by atoms with E-state index in [9.17, 15) is 0 Å². The summed E-state index contributed by atoms with van der Waals surface area (Å²) in [6, 6.07) is 1.35. The quantitative estimate of drug-likeness (QED) is 0.700. The Kier molecular flexibility index (Phi) is 4.02. The molecule has 12 heavy (non-hydrogen) atoms. The average Bonchev–Trinajstić information content (AvgIpc) is 2.05. The Labute approximate surface area is 75.7 Å². The molecule has 1 aliphatic carbocycles. The predicted octanol–water partition coefficient (Wildman–Crippen LogP) is 1.94. The first-order valence-corrected chi connectivity index (χ1v) is 5.01. The van der Waals surface area contributed by atoms with Crippen LogP contribution in [-0.4, -0.2) is 25.3 Å². The largest absolute Gasteiger partial charge is 0.381 e. The Morgan fingerprint density at radius 1 is 1.17 bits per heavy atom. The van der Waals surface area contributed by atoms with Gasteiger partial charge in [0.2, 0.25) is 0 Å². The van der Waals surface area contributed by atoms with E-state index in [1.165, 1.54) is 25.7 Å². The Morgan fingerprint density at radius 3 is 2.17 bits per heavy atom. The molecule has 1 saturated carbocycles. The first-order chi connectivity index (χ1) is 5.72. The van der Waals surface area contributed by atoms with Crippen molar-refractivity contribution >= 4 is 0 Å². The van der Waals surface area contributed by atoms with Crippen LogP contribution in [0.4, 0.5) is 0 Å². The number of nitrogens with one attached hydrogen (secondary N) is 1. The van der Waals surface area contributed by atoms with Crippen LogP contribution in [0.15, 0.2) is 0 Å². The fourth-order valence-corrected chi connectivity index (χ4v) is 1.94. The van der Waals surface area contributed by atoms with Crippen molar-refractivity contribution in [3.05, 3.63) is 0 Å². The van der Waals surface area contributed by atoms with Crippen LogP contribution in [0.5, 0.6) is 0 Å². The van der Waals surface area contributed by atoms with Crippen LogP contribution < -0.4 is 5.32 Å². The van der Waals surface area contributed by atoms with Crippen LogP contribution in [0.2, 0.25) is 0 Å². The van der Waals surface area contributed by atoms with Crippen molar-refractivity contribution in [1.29, 1.82) is 0 Å². The molecule has 1 rings (SSSR count). The molecule has 0 amide bonds. The highest BCUT2D eigenvalue weighted by Crippen LogP contribution is 2.20. The smallest absolute Gasteiger partial charge is 0.0572 e. The molecule has 1 fully saturated rings. The molecule has 0 aromatic rings. The van der Waals surface area contributed by atoms with E-state index < -0.39 is 0 Å². The topological polar surface area (TPSA) is 21.3 Å². The molecule has 0 aromatic carbocycles. The fraction of sp³-hybridized carbons (Fsp3) is 1.00. The second kappa shape index (κ2) is 4.83. The van der Waals surface area contributed by atoms with Gasteiger partial charge in [0.25, 0.3) is 0 Å². The Hall–Kier alpha value is -0.0800. The van der Waals surface area contributed by atoms with Gasteiger partial charge in [-0.2, -0.15) is 0 Å². The summed E-state index contributed by atoms with van der Waals surface area (Å²) in [5.74, 6) is 0. The Bertz CT molecular complexity index is 117. The summed E-state index contributed by atoms with van der Waals surface area (Å²) < 4.78 is 5.32. The third-order valence-corrected chi connectivity index (χ3v) is 2.58. The van der Waals surface area contributed by atoms with Gasteiger partial charge in [-0.25, -0.2) is 0 Å². The van der Waals surface area contributed by atoms with Crippen LogP contribution in [0.25, 0.3) is 0 Å². The van der Waals surface area contributed by atoms with Crippen molar-refractivity contribution in [3.63, 3.8) is 0 Å². The summed E-state index contributed by atoms with van der Waals surface area (Å²) in [6.45, 7) is 4.42. The maximum atomic E-state index is 5.32. The van der Waals surface area contributed by atoms with E-state index in [2.05, 4.69) is 19.2 Å². The lowest BCUT2D eigenvalue weighted by Gasteiger charge is -2.29. The zero-order valence-electron chi connectivity index (χ0n) is 8.47. The number of rotatable bonds is 3. The summed E-state index contributed by atoms with van der Waals surface area (Å²) in [5, 5.41) is 3.57. The third kappa shape index (κ3) is 3.11. The van der Waals surface area contributed by atoms with Gasteiger partial charge in [0, 0.05) is 19.2 Å². The van der Waals surface area contributed by atoms with Crippen molar-refractivity contribution in [1.82, 2.24) is 5.32 Å². The lowest BCUT2D eigenvalue weighted by molar-refractivity contribution is 0.0616. The van der Waals surface area contributed by atoms with E-state index >= 15 is 0 Å². The van der Waals surface area contributed by atoms with Crippen LogP contribution in [0.3, 0.4) is 0 Å². The molecule has 0 radical (unpaired) electrons. The number of hydrogen-bond donors (Lipinski definition) is 1. The van der Waals surface area contributed by atoms with E-state index in [4.69, 9.17) is 4.74 Å². The van der Waals surface area contributed by atoms with Gasteiger partial charge in [-0.3, -0.25) is 0 Å². The molecular formula is C10H21NO. The molecule has 0 aliphatic heterocycles. The van der Waals surface area contributed by atoms with E-state index in [0.29, 0.717) is 12.1 Å². The first kappa shape index (κ1) is 10.0. The van der Waals surface area contributed by atoms with Crippen LogP contribution in [0.1, 0.15) is 39.5 Å². The van der Waals surface area contributed by atoms with Crippen molar-refractivity contribution in [3.8, 4) is 0 Å². The monoisotopic (exact) mass is 171 g/mol. The van der Waals surface area contributed by atoms with Gasteiger partial charge in [0.15, 0.2) is 0 Å². The van der Waals surface area contributed by atoms with E-state index in [1.807, 2.05) is 7.11 Å². The van der Waals surface area contributed by atoms with Gasteiger partial charge in [0.05, 0.1) is 6.10 Å². The summed E-state index contributed by atoms with van der Waals surface area (Å²) in [7, 11) is 1.82. The minimum Gasteiger partial charge on any atom is -0.381 e. The molecule has 0 atom stereocenters. The molecule has 0 spiro atoms. The molecule has 0 aromatic heterocycles. The van der Waals surface area contributed by atoms with E-state index in [0.717, 1.165) is 6.04 Å². The second-order valence-corrected chi connectivity index (χ2v) is 4.03. The van der Waals surface area contributed by atoms with Gasteiger partial charge in [-0.15, -0.1) is 0 Å². The lowest BCUT2D eigenvalue weighted by atomic mass is 9.92. The van der Waals surface area contributed by atoms with Crippen LogP contribution >= 0.6 is 0 Å². The molecule has 0 saturated heterocycles. The van der Waals surface area contributed by atoms with Crippen molar-refractivity contribution in [2.45, 2.75) is 57.7 Å². The van der Waals surface area contributed by atoms with Crippen molar-refractivity contribution in [2.75, 3.05) is 7.11 Å². The highest BCUT2D eigenvalue weighted by atomic mass is 16.5. The molecule has 0 bridgehead atoms. The molecular weight excluding hydrogens is 150 g/mol. The molecule has 0 unspecified atom stereocenters.